The number of anilines is 1. The van der Waals surface area contributed by atoms with Gasteiger partial charge in [-0.1, -0.05) is 13.8 Å². The fraction of sp³-hybridized carbons (Fsp3) is 0.733. The highest BCUT2D eigenvalue weighted by atomic mass is 16.5. The molecule has 112 valence electrons. The number of aromatic nitrogens is 2. The average molecular weight is 279 g/mol. The van der Waals surface area contributed by atoms with Crippen LogP contribution in [-0.4, -0.2) is 22.1 Å². The molecule has 0 amide bonds. The van der Waals surface area contributed by atoms with Gasteiger partial charge in [-0.2, -0.15) is 0 Å². The number of imidazole rings is 1. The molecule has 1 fully saturated rings. The van der Waals surface area contributed by atoms with E-state index in [4.69, 9.17) is 10.5 Å². The predicted molar refractivity (Wildman–Crippen MR) is 78.5 cm³/mol. The molecule has 0 radical (unpaired) electrons. The van der Waals surface area contributed by atoms with Gasteiger partial charge < -0.3 is 15.0 Å². The number of rotatable bonds is 3. The first-order valence-corrected chi connectivity index (χ1v) is 7.45. The third kappa shape index (κ3) is 2.81. The lowest BCUT2D eigenvalue weighted by Crippen LogP contribution is -2.24. The van der Waals surface area contributed by atoms with Crippen LogP contribution in [0.2, 0.25) is 0 Å². The first kappa shape index (κ1) is 14.9. The number of hydrogen-bond donors (Lipinski definition) is 1. The van der Waals surface area contributed by atoms with Gasteiger partial charge in [0.15, 0.2) is 5.69 Å². The summed E-state index contributed by atoms with van der Waals surface area (Å²) in [6.07, 6.45) is 3.44. The van der Waals surface area contributed by atoms with Gasteiger partial charge in [0.2, 0.25) is 0 Å². The van der Waals surface area contributed by atoms with Crippen molar-refractivity contribution in [1.82, 2.24) is 9.55 Å². The summed E-state index contributed by atoms with van der Waals surface area (Å²) in [6.45, 7) is 8.57. The molecule has 5 heteroatoms. The van der Waals surface area contributed by atoms with E-state index in [0.717, 1.165) is 18.7 Å². The normalized spacial score (nSPS) is 26.5. The quantitative estimate of drug-likeness (QED) is 0.864. The first-order valence-electron chi connectivity index (χ1n) is 7.45. The van der Waals surface area contributed by atoms with E-state index in [1.54, 1.807) is 6.92 Å². The van der Waals surface area contributed by atoms with Crippen LogP contribution in [0, 0.1) is 18.8 Å². The van der Waals surface area contributed by atoms with Crippen LogP contribution in [0.4, 0.5) is 5.82 Å². The molecule has 2 N–H and O–H groups in total. The van der Waals surface area contributed by atoms with Crippen molar-refractivity contribution >= 4 is 11.8 Å². The third-order valence-corrected chi connectivity index (χ3v) is 4.11. The van der Waals surface area contributed by atoms with Gasteiger partial charge >= 0.3 is 5.97 Å². The highest BCUT2D eigenvalue weighted by molar-refractivity contribution is 5.92. The number of nitrogens with two attached hydrogens (primary N) is 1. The Kier molecular flexibility index (Phi) is 4.35. The minimum Gasteiger partial charge on any atom is -0.461 e. The largest absolute Gasteiger partial charge is 0.461 e. The van der Waals surface area contributed by atoms with Crippen LogP contribution in [0.15, 0.2) is 0 Å². The second kappa shape index (κ2) is 5.85. The number of carbonyl (C=O) groups excluding carboxylic acids is 1. The molecule has 1 saturated carbocycles. The van der Waals surface area contributed by atoms with E-state index < -0.39 is 5.97 Å². The molecular formula is C15H25N3O2. The Labute approximate surface area is 120 Å². The molecule has 2 rings (SSSR count). The highest BCUT2D eigenvalue weighted by Crippen LogP contribution is 2.38. The Balaban J connectivity index is 2.30. The van der Waals surface area contributed by atoms with Crippen LogP contribution in [0.3, 0.4) is 0 Å². The SMILES string of the molecule is CCOC(=O)c1nc(C)n(C2CC(C)CC(C)C2)c1N. The van der Waals surface area contributed by atoms with Gasteiger partial charge in [0.25, 0.3) is 0 Å². The van der Waals surface area contributed by atoms with Crippen LogP contribution in [-0.2, 0) is 4.74 Å². The molecular weight excluding hydrogens is 254 g/mol. The first-order chi connectivity index (χ1) is 9.43. The summed E-state index contributed by atoms with van der Waals surface area (Å²) in [5.41, 5.74) is 6.42. The number of nitrogen functional groups attached to an aromatic ring is 1. The Bertz CT molecular complexity index is 486. The van der Waals surface area contributed by atoms with E-state index in [9.17, 15) is 4.79 Å². The van der Waals surface area contributed by atoms with Gasteiger partial charge in [-0.25, -0.2) is 9.78 Å². The Morgan fingerprint density at radius 1 is 1.35 bits per heavy atom. The molecule has 2 atom stereocenters. The number of aryl methyl sites for hydroxylation is 1. The molecule has 1 aromatic rings. The maximum absolute atomic E-state index is 11.9. The lowest BCUT2D eigenvalue weighted by Gasteiger charge is -2.33. The summed E-state index contributed by atoms with van der Waals surface area (Å²) in [7, 11) is 0. The van der Waals surface area contributed by atoms with Crippen molar-refractivity contribution in [2.45, 2.75) is 53.0 Å². The zero-order valence-corrected chi connectivity index (χ0v) is 12.8. The zero-order valence-electron chi connectivity index (χ0n) is 12.8. The smallest absolute Gasteiger partial charge is 0.360 e. The van der Waals surface area contributed by atoms with Gasteiger partial charge in [0, 0.05) is 6.04 Å². The molecule has 1 aromatic heterocycles. The highest BCUT2D eigenvalue weighted by Gasteiger charge is 2.29. The molecule has 1 aliphatic rings. The van der Waals surface area contributed by atoms with Crippen molar-refractivity contribution in [3.05, 3.63) is 11.5 Å². The number of ether oxygens (including phenoxy) is 1. The van der Waals surface area contributed by atoms with E-state index >= 15 is 0 Å². The molecule has 0 bridgehead atoms. The van der Waals surface area contributed by atoms with Crippen molar-refractivity contribution in [3.8, 4) is 0 Å². The topological polar surface area (TPSA) is 70.1 Å². The molecule has 0 spiro atoms. The van der Waals surface area contributed by atoms with Crippen molar-refractivity contribution in [2.24, 2.45) is 11.8 Å². The zero-order chi connectivity index (χ0) is 14.9. The van der Waals surface area contributed by atoms with E-state index in [0.29, 0.717) is 30.3 Å². The van der Waals surface area contributed by atoms with Gasteiger partial charge in [-0.05, 0) is 44.9 Å². The molecule has 0 aliphatic heterocycles. The van der Waals surface area contributed by atoms with E-state index in [-0.39, 0.29) is 5.69 Å². The van der Waals surface area contributed by atoms with Gasteiger partial charge in [0.1, 0.15) is 11.6 Å². The van der Waals surface area contributed by atoms with Crippen molar-refractivity contribution in [2.75, 3.05) is 12.3 Å². The van der Waals surface area contributed by atoms with Crippen LogP contribution in [0.5, 0.6) is 0 Å². The number of esters is 1. The van der Waals surface area contributed by atoms with Crippen LogP contribution >= 0.6 is 0 Å². The fourth-order valence-electron chi connectivity index (χ4n) is 3.49. The molecule has 0 aromatic carbocycles. The lowest BCUT2D eigenvalue weighted by molar-refractivity contribution is 0.0521. The minimum absolute atomic E-state index is 0.259. The minimum atomic E-state index is -0.427. The van der Waals surface area contributed by atoms with Gasteiger partial charge in [-0.3, -0.25) is 0 Å². The van der Waals surface area contributed by atoms with E-state index in [1.807, 2.05) is 11.5 Å². The standard InChI is InChI=1S/C15H25N3O2/c1-5-20-15(19)13-14(16)18(11(4)17-13)12-7-9(2)6-10(3)8-12/h9-10,12H,5-8,16H2,1-4H3. The second-order valence-electron chi connectivity index (χ2n) is 6.05. The summed E-state index contributed by atoms with van der Waals surface area (Å²) in [5.74, 6) is 2.18. The maximum atomic E-state index is 11.9. The van der Waals surface area contributed by atoms with Crippen molar-refractivity contribution in [3.63, 3.8) is 0 Å². The lowest BCUT2D eigenvalue weighted by atomic mass is 9.80. The molecule has 1 aliphatic carbocycles. The number of hydrogen-bond acceptors (Lipinski definition) is 4. The summed E-state index contributed by atoms with van der Waals surface area (Å²) < 4.78 is 7.04. The monoisotopic (exact) mass is 279 g/mol. The molecule has 2 unspecified atom stereocenters. The van der Waals surface area contributed by atoms with E-state index in [1.165, 1.54) is 6.42 Å². The predicted octanol–water partition coefficient (Wildman–Crippen LogP) is 2.95. The van der Waals surface area contributed by atoms with Gasteiger partial charge in [-0.15, -0.1) is 0 Å². The molecule has 20 heavy (non-hydrogen) atoms. The summed E-state index contributed by atoms with van der Waals surface area (Å²) >= 11 is 0. The molecule has 1 heterocycles. The second-order valence-corrected chi connectivity index (χ2v) is 6.05. The van der Waals surface area contributed by atoms with E-state index in [2.05, 4.69) is 18.8 Å². The average Bonchev–Trinajstić information content (AvgIpc) is 2.64. The summed E-state index contributed by atoms with van der Waals surface area (Å²) in [4.78, 5) is 16.2. The van der Waals surface area contributed by atoms with Crippen molar-refractivity contribution in [1.29, 1.82) is 0 Å². The summed E-state index contributed by atoms with van der Waals surface area (Å²) in [6, 6.07) is 0.337. The summed E-state index contributed by atoms with van der Waals surface area (Å²) in [5, 5.41) is 0. The van der Waals surface area contributed by atoms with Crippen LogP contribution in [0.25, 0.3) is 0 Å². The fourth-order valence-corrected chi connectivity index (χ4v) is 3.49. The maximum Gasteiger partial charge on any atom is 0.360 e. The molecule has 5 nitrogen and oxygen atoms in total. The number of nitrogens with zero attached hydrogens (tertiary/aromatic N) is 2. The number of carbonyl (C=O) groups is 1. The molecule has 0 saturated heterocycles. The Morgan fingerprint density at radius 2 is 1.95 bits per heavy atom. The van der Waals surface area contributed by atoms with Crippen LogP contribution in [0.1, 0.15) is 62.4 Å². The van der Waals surface area contributed by atoms with Crippen LogP contribution < -0.4 is 5.73 Å². The Morgan fingerprint density at radius 3 is 2.50 bits per heavy atom. The Hall–Kier alpha value is -1.52. The van der Waals surface area contributed by atoms with Gasteiger partial charge in [0.05, 0.1) is 6.61 Å². The third-order valence-electron chi connectivity index (χ3n) is 4.11. The van der Waals surface area contributed by atoms with Crippen molar-refractivity contribution < 1.29 is 9.53 Å².